The van der Waals surface area contributed by atoms with Gasteiger partial charge >= 0.3 is 5.97 Å². The van der Waals surface area contributed by atoms with Gasteiger partial charge in [-0.2, -0.15) is 0 Å². The molecule has 0 unspecified atom stereocenters. The van der Waals surface area contributed by atoms with Gasteiger partial charge < -0.3 is 9.15 Å². The highest BCUT2D eigenvalue weighted by molar-refractivity contribution is 5.92. The fraction of sp³-hybridized carbons (Fsp3) is 0.300. The molecule has 0 N–H and O–H groups in total. The molecule has 0 bridgehead atoms. The molecule has 5 nitrogen and oxygen atoms in total. The van der Waals surface area contributed by atoms with Gasteiger partial charge in [0.2, 0.25) is 0 Å². The van der Waals surface area contributed by atoms with E-state index < -0.39 is 11.4 Å². The second kappa shape index (κ2) is 4.54. The van der Waals surface area contributed by atoms with Crippen LogP contribution in [-0.2, 0) is 4.74 Å². The number of rotatable bonds is 3. The van der Waals surface area contributed by atoms with E-state index in [1.807, 2.05) is 0 Å². The SMILES string of the molecule is CCOC(=O)c1coc(C(C)=O)cc1=O. The first-order valence-electron chi connectivity index (χ1n) is 4.37. The maximum Gasteiger partial charge on any atom is 0.345 e. The molecule has 1 heterocycles. The minimum absolute atomic E-state index is 0.0759. The number of carbonyl (C=O) groups excluding carboxylic acids is 2. The molecule has 1 rings (SSSR count). The van der Waals surface area contributed by atoms with E-state index in [1.54, 1.807) is 6.92 Å². The zero-order chi connectivity index (χ0) is 11.4. The molecule has 5 heteroatoms. The van der Waals surface area contributed by atoms with E-state index in [4.69, 9.17) is 4.42 Å². The lowest BCUT2D eigenvalue weighted by Crippen LogP contribution is -2.17. The smallest absolute Gasteiger partial charge is 0.345 e. The third kappa shape index (κ3) is 2.52. The van der Waals surface area contributed by atoms with Gasteiger partial charge in [0, 0.05) is 13.0 Å². The van der Waals surface area contributed by atoms with Crippen molar-refractivity contribution in [2.75, 3.05) is 6.61 Å². The molecule has 0 aliphatic heterocycles. The summed E-state index contributed by atoms with van der Waals surface area (Å²) in [6.07, 6.45) is 0.942. The van der Waals surface area contributed by atoms with Crippen LogP contribution in [0.3, 0.4) is 0 Å². The number of esters is 1. The van der Waals surface area contributed by atoms with Gasteiger partial charge in [-0.3, -0.25) is 9.59 Å². The monoisotopic (exact) mass is 210 g/mol. The molecule has 0 radical (unpaired) electrons. The Kier molecular flexibility index (Phi) is 3.38. The largest absolute Gasteiger partial charge is 0.462 e. The fourth-order valence-corrected chi connectivity index (χ4v) is 0.953. The average Bonchev–Trinajstić information content (AvgIpc) is 2.17. The van der Waals surface area contributed by atoms with E-state index in [-0.39, 0.29) is 23.7 Å². The Morgan fingerprint density at radius 1 is 1.47 bits per heavy atom. The van der Waals surface area contributed by atoms with Crippen LogP contribution >= 0.6 is 0 Å². The van der Waals surface area contributed by atoms with Crippen molar-refractivity contribution < 1.29 is 18.7 Å². The van der Waals surface area contributed by atoms with Crippen LogP contribution in [0.1, 0.15) is 34.8 Å². The molecular weight excluding hydrogens is 200 g/mol. The minimum Gasteiger partial charge on any atom is -0.462 e. The Bertz CT molecular complexity index is 443. The van der Waals surface area contributed by atoms with E-state index in [0.29, 0.717) is 0 Å². The Morgan fingerprint density at radius 2 is 2.13 bits per heavy atom. The standard InChI is InChI=1S/C10H10O5/c1-3-14-10(13)7-5-15-9(6(2)11)4-8(7)12/h4-5H,3H2,1-2H3. The van der Waals surface area contributed by atoms with Gasteiger partial charge in [-0.05, 0) is 6.92 Å². The molecule has 0 atom stereocenters. The van der Waals surface area contributed by atoms with Crippen molar-refractivity contribution in [1.29, 1.82) is 0 Å². The van der Waals surface area contributed by atoms with Gasteiger partial charge in [-0.1, -0.05) is 0 Å². The molecule has 0 amide bonds. The van der Waals surface area contributed by atoms with Crippen LogP contribution in [0.5, 0.6) is 0 Å². The summed E-state index contributed by atoms with van der Waals surface area (Å²) in [5.41, 5.74) is -0.785. The first-order valence-corrected chi connectivity index (χ1v) is 4.37. The van der Waals surface area contributed by atoms with E-state index in [0.717, 1.165) is 12.3 Å². The fourth-order valence-electron chi connectivity index (χ4n) is 0.953. The number of hydrogen-bond donors (Lipinski definition) is 0. The molecule has 0 aliphatic rings. The second-order valence-electron chi connectivity index (χ2n) is 2.80. The highest BCUT2D eigenvalue weighted by Crippen LogP contribution is 2.01. The van der Waals surface area contributed by atoms with Crippen LogP contribution in [0.15, 0.2) is 21.5 Å². The Morgan fingerprint density at radius 3 is 2.60 bits per heavy atom. The number of hydrogen-bond acceptors (Lipinski definition) is 5. The maximum absolute atomic E-state index is 11.3. The lowest BCUT2D eigenvalue weighted by atomic mass is 10.2. The predicted molar refractivity (Wildman–Crippen MR) is 50.9 cm³/mol. The lowest BCUT2D eigenvalue weighted by Gasteiger charge is -2.00. The minimum atomic E-state index is -0.749. The van der Waals surface area contributed by atoms with Crippen molar-refractivity contribution in [2.45, 2.75) is 13.8 Å². The van der Waals surface area contributed by atoms with Crippen molar-refractivity contribution in [2.24, 2.45) is 0 Å². The molecule has 80 valence electrons. The van der Waals surface area contributed by atoms with Gasteiger partial charge in [-0.15, -0.1) is 0 Å². The van der Waals surface area contributed by atoms with Crippen LogP contribution in [0.25, 0.3) is 0 Å². The summed E-state index contributed by atoms with van der Waals surface area (Å²) in [7, 11) is 0. The Hall–Kier alpha value is -1.91. The average molecular weight is 210 g/mol. The highest BCUT2D eigenvalue weighted by atomic mass is 16.5. The topological polar surface area (TPSA) is 73.6 Å². The lowest BCUT2D eigenvalue weighted by molar-refractivity contribution is 0.0521. The van der Waals surface area contributed by atoms with Gasteiger partial charge in [-0.25, -0.2) is 4.79 Å². The van der Waals surface area contributed by atoms with Crippen LogP contribution in [0.2, 0.25) is 0 Å². The first-order chi connectivity index (χ1) is 7.06. The summed E-state index contributed by atoms with van der Waals surface area (Å²) in [5.74, 6) is -1.20. The summed E-state index contributed by atoms with van der Waals surface area (Å²) in [6, 6.07) is 0.981. The van der Waals surface area contributed by atoms with Crippen LogP contribution in [0, 0.1) is 0 Å². The van der Waals surface area contributed by atoms with Crippen molar-refractivity contribution >= 4 is 11.8 Å². The highest BCUT2D eigenvalue weighted by Gasteiger charge is 2.14. The summed E-state index contributed by atoms with van der Waals surface area (Å²) in [5, 5.41) is 0. The van der Waals surface area contributed by atoms with E-state index in [2.05, 4.69) is 4.74 Å². The molecule has 1 aromatic heterocycles. The summed E-state index contributed by atoms with van der Waals surface area (Å²) < 4.78 is 9.44. The van der Waals surface area contributed by atoms with Crippen molar-refractivity contribution in [1.82, 2.24) is 0 Å². The number of ether oxygens (including phenoxy) is 1. The molecule has 0 aliphatic carbocycles. The zero-order valence-electron chi connectivity index (χ0n) is 8.40. The van der Waals surface area contributed by atoms with Gasteiger partial charge in [0.15, 0.2) is 17.0 Å². The van der Waals surface area contributed by atoms with Crippen molar-refractivity contribution in [3.63, 3.8) is 0 Å². The van der Waals surface area contributed by atoms with Crippen LogP contribution < -0.4 is 5.43 Å². The third-order valence-corrected chi connectivity index (χ3v) is 1.67. The van der Waals surface area contributed by atoms with Crippen LogP contribution in [0.4, 0.5) is 0 Å². The number of carbonyl (C=O) groups is 2. The molecule has 15 heavy (non-hydrogen) atoms. The number of ketones is 1. The summed E-state index contributed by atoms with van der Waals surface area (Å²) in [4.78, 5) is 33.4. The molecule has 0 saturated heterocycles. The van der Waals surface area contributed by atoms with E-state index >= 15 is 0 Å². The van der Waals surface area contributed by atoms with E-state index in [1.165, 1.54) is 6.92 Å². The zero-order valence-corrected chi connectivity index (χ0v) is 8.40. The molecular formula is C10H10O5. The normalized spacial score (nSPS) is 9.73. The molecule has 1 aromatic rings. The number of Topliss-reactive ketones (excluding diaryl/α,β-unsaturated/α-hetero) is 1. The summed E-state index contributed by atoms with van der Waals surface area (Å²) in [6.45, 7) is 3.07. The summed E-state index contributed by atoms with van der Waals surface area (Å²) >= 11 is 0. The van der Waals surface area contributed by atoms with Gasteiger partial charge in [0.25, 0.3) is 0 Å². The second-order valence-corrected chi connectivity index (χ2v) is 2.80. The van der Waals surface area contributed by atoms with Crippen LogP contribution in [-0.4, -0.2) is 18.4 Å². The predicted octanol–water partition coefficient (Wildman–Crippen LogP) is 1.02. The van der Waals surface area contributed by atoms with Crippen molar-refractivity contribution in [3.05, 3.63) is 33.9 Å². The molecule has 0 spiro atoms. The Labute approximate surface area is 85.7 Å². The van der Waals surface area contributed by atoms with Crippen molar-refractivity contribution in [3.8, 4) is 0 Å². The Balaban J connectivity index is 3.09. The molecule has 0 aromatic carbocycles. The third-order valence-electron chi connectivity index (χ3n) is 1.67. The first kappa shape index (κ1) is 11.2. The quantitative estimate of drug-likeness (QED) is 0.550. The molecule has 0 fully saturated rings. The molecule has 0 saturated carbocycles. The van der Waals surface area contributed by atoms with Gasteiger partial charge in [0.05, 0.1) is 6.61 Å². The van der Waals surface area contributed by atoms with Gasteiger partial charge in [0.1, 0.15) is 11.8 Å². The maximum atomic E-state index is 11.3. The van der Waals surface area contributed by atoms with E-state index in [9.17, 15) is 14.4 Å².